The summed E-state index contributed by atoms with van der Waals surface area (Å²) in [6.07, 6.45) is 2.98. The average Bonchev–Trinajstić information content (AvgIpc) is 2.91. The fourth-order valence-electron chi connectivity index (χ4n) is 5.20. The Bertz CT molecular complexity index is 837. The van der Waals surface area contributed by atoms with Gasteiger partial charge in [-0.25, -0.2) is 0 Å². The molecule has 0 aromatic rings. The summed E-state index contributed by atoms with van der Waals surface area (Å²) < 4.78 is 0. The van der Waals surface area contributed by atoms with E-state index in [1.165, 1.54) is 0 Å². The summed E-state index contributed by atoms with van der Waals surface area (Å²) in [5.41, 5.74) is 0. The molecule has 2 aliphatic rings. The molecule has 2 fully saturated rings. The highest BCUT2D eigenvalue weighted by Crippen LogP contribution is 2.12. The van der Waals surface area contributed by atoms with E-state index in [4.69, 9.17) is 5.11 Å². The summed E-state index contributed by atoms with van der Waals surface area (Å²) >= 11 is 0. The molecule has 14 nitrogen and oxygen atoms in total. The van der Waals surface area contributed by atoms with E-state index in [9.17, 15) is 34.2 Å². The number of aliphatic hydroxyl groups excluding tert-OH is 1. The van der Waals surface area contributed by atoms with Crippen LogP contribution in [0.2, 0.25) is 0 Å². The van der Waals surface area contributed by atoms with E-state index in [2.05, 4.69) is 10.2 Å². The van der Waals surface area contributed by atoms with Crippen LogP contribution in [0, 0.1) is 5.92 Å². The Hall–Kier alpha value is -2.49. The van der Waals surface area contributed by atoms with Crippen molar-refractivity contribution in [1.82, 2.24) is 29.8 Å². The van der Waals surface area contributed by atoms with Crippen molar-refractivity contribution in [2.75, 3.05) is 105 Å². The molecule has 2 heterocycles. The van der Waals surface area contributed by atoms with Gasteiger partial charge in [-0.1, -0.05) is 13.8 Å². The van der Waals surface area contributed by atoms with Crippen molar-refractivity contribution in [2.24, 2.45) is 5.92 Å². The second-order valence-corrected chi connectivity index (χ2v) is 11.3. The molecule has 0 atom stereocenters. The molecule has 42 heavy (non-hydrogen) atoms. The number of Topliss-reactive ketones (excluding diaryl/α,β-unsaturated/α-hetero) is 1. The van der Waals surface area contributed by atoms with Gasteiger partial charge < -0.3 is 25.4 Å². The number of likely N-dealkylation sites (tertiary alicyclic amines) is 1. The van der Waals surface area contributed by atoms with Crippen LogP contribution >= 0.6 is 0 Å². The van der Waals surface area contributed by atoms with Crippen LogP contribution in [-0.2, 0) is 24.0 Å². The first-order valence-electron chi connectivity index (χ1n) is 14.8. The Morgan fingerprint density at radius 3 is 1.50 bits per heavy atom. The molecule has 2 rings (SSSR count). The van der Waals surface area contributed by atoms with Gasteiger partial charge >= 0.3 is 11.9 Å². The van der Waals surface area contributed by atoms with E-state index in [1.54, 1.807) is 9.80 Å². The van der Waals surface area contributed by atoms with Gasteiger partial charge in [0.2, 0.25) is 5.91 Å². The number of carbonyl (C=O) groups is 5. The smallest absolute Gasteiger partial charge is 0.317 e. The normalized spacial score (nSPS) is 19.6. The SMILES string of the molecule is CC(C)CC(=O)CN1CCC(NC(=O)CN2CCN(CC=O)CCN(CC(=O)O)CCN(CC(=O)O)CC2)CC1.CO. The fourth-order valence-corrected chi connectivity index (χ4v) is 5.20. The van der Waals surface area contributed by atoms with Crippen LogP contribution in [-0.4, -0.2) is 181 Å². The predicted molar refractivity (Wildman–Crippen MR) is 157 cm³/mol. The lowest BCUT2D eigenvalue weighted by molar-refractivity contribution is -0.140. The van der Waals surface area contributed by atoms with Crippen LogP contribution in [0.1, 0.15) is 33.1 Å². The van der Waals surface area contributed by atoms with E-state index in [-0.39, 0.29) is 43.9 Å². The van der Waals surface area contributed by atoms with Crippen molar-refractivity contribution >= 4 is 29.9 Å². The summed E-state index contributed by atoms with van der Waals surface area (Å²) in [7, 11) is 1.00. The van der Waals surface area contributed by atoms with Gasteiger partial charge in [-0.05, 0) is 18.8 Å². The molecular weight excluding hydrogens is 548 g/mol. The number of amides is 1. The highest BCUT2D eigenvalue weighted by Gasteiger charge is 2.24. The monoisotopic (exact) mass is 600 g/mol. The second-order valence-electron chi connectivity index (χ2n) is 11.3. The zero-order chi connectivity index (χ0) is 31.5. The van der Waals surface area contributed by atoms with E-state index < -0.39 is 11.9 Å². The Balaban J connectivity index is 0.00000431. The fraction of sp³-hybridized carbons (Fsp3) is 0.821. The van der Waals surface area contributed by atoms with E-state index in [0.717, 1.165) is 39.3 Å². The number of nitrogens with zero attached hydrogens (tertiary/aromatic N) is 5. The molecule has 0 bridgehead atoms. The van der Waals surface area contributed by atoms with Gasteiger partial charge in [0, 0.05) is 85.0 Å². The number of hydrogen-bond acceptors (Lipinski definition) is 11. The summed E-state index contributed by atoms with van der Waals surface area (Å²) in [5, 5.41) is 28.8. The van der Waals surface area contributed by atoms with E-state index in [1.807, 2.05) is 23.6 Å². The summed E-state index contributed by atoms with van der Waals surface area (Å²) in [5.74, 6) is -1.41. The predicted octanol–water partition coefficient (Wildman–Crippen LogP) is -1.62. The zero-order valence-corrected chi connectivity index (χ0v) is 25.6. The largest absolute Gasteiger partial charge is 0.480 e. The maximum atomic E-state index is 13.0. The van der Waals surface area contributed by atoms with Gasteiger partial charge in [-0.15, -0.1) is 0 Å². The first-order chi connectivity index (χ1) is 20.0. The Morgan fingerprint density at radius 2 is 1.10 bits per heavy atom. The van der Waals surface area contributed by atoms with E-state index in [0.29, 0.717) is 71.2 Å². The molecule has 0 aromatic carbocycles. The second kappa shape index (κ2) is 21.2. The number of carboxylic acid groups (broad SMARTS) is 2. The van der Waals surface area contributed by atoms with Crippen molar-refractivity contribution in [1.29, 1.82) is 0 Å². The number of ketones is 1. The molecule has 0 unspecified atom stereocenters. The zero-order valence-electron chi connectivity index (χ0n) is 25.6. The molecule has 0 radical (unpaired) electrons. The molecule has 0 aliphatic carbocycles. The van der Waals surface area contributed by atoms with Crippen LogP contribution in [0.25, 0.3) is 0 Å². The summed E-state index contributed by atoms with van der Waals surface area (Å²) in [6.45, 7) is 9.72. The van der Waals surface area contributed by atoms with Crippen molar-refractivity contribution in [3.05, 3.63) is 0 Å². The third kappa shape index (κ3) is 16.8. The Morgan fingerprint density at radius 1 is 0.690 bits per heavy atom. The molecule has 4 N–H and O–H groups in total. The maximum absolute atomic E-state index is 13.0. The number of rotatable bonds is 13. The van der Waals surface area contributed by atoms with Crippen molar-refractivity contribution in [2.45, 2.75) is 39.2 Å². The molecule has 1 amide bonds. The molecule has 242 valence electrons. The standard InChI is InChI=1S/C27H48N6O7.CH4O/c1-22(2)17-24(35)18-30-5-3-23(4-6-30)28-25(36)19-31-9-7-29(15-16-34)8-10-32(20-26(37)38)13-14-33(12-11-31)21-27(39)40;1-2/h16,22-23H,3-15,17-21H2,1-2H3,(H,28,36)(H,37,38)(H,39,40);2H,1H3. The number of carbonyl (C=O) groups excluding carboxylic acids is 3. The van der Waals surface area contributed by atoms with Gasteiger partial charge in [0.1, 0.15) is 12.1 Å². The highest BCUT2D eigenvalue weighted by molar-refractivity contribution is 5.80. The topological polar surface area (TPSA) is 174 Å². The van der Waals surface area contributed by atoms with Gasteiger partial charge in [0.15, 0.2) is 0 Å². The number of hydrogen-bond donors (Lipinski definition) is 4. The number of nitrogens with one attached hydrogen (secondary N) is 1. The van der Waals surface area contributed by atoms with Crippen molar-refractivity contribution in [3.8, 4) is 0 Å². The van der Waals surface area contributed by atoms with Crippen LogP contribution in [0.4, 0.5) is 0 Å². The number of aliphatic hydroxyl groups is 1. The minimum atomic E-state index is -0.962. The maximum Gasteiger partial charge on any atom is 0.317 e. The molecule has 0 saturated carbocycles. The molecule has 14 heteroatoms. The third-order valence-corrected chi connectivity index (χ3v) is 7.34. The molecule has 2 saturated heterocycles. The Labute approximate surface area is 249 Å². The summed E-state index contributed by atoms with van der Waals surface area (Å²) in [4.78, 5) is 68.7. The van der Waals surface area contributed by atoms with Gasteiger partial charge in [0.25, 0.3) is 0 Å². The minimum absolute atomic E-state index is 0.0479. The third-order valence-electron chi connectivity index (χ3n) is 7.34. The van der Waals surface area contributed by atoms with Crippen LogP contribution in [0.5, 0.6) is 0 Å². The summed E-state index contributed by atoms with van der Waals surface area (Å²) in [6, 6.07) is 0.0479. The van der Waals surface area contributed by atoms with Crippen molar-refractivity contribution in [3.63, 3.8) is 0 Å². The van der Waals surface area contributed by atoms with E-state index >= 15 is 0 Å². The van der Waals surface area contributed by atoms with Crippen LogP contribution in [0.15, 0.2) is 0 Å². The quantitative estimate of drug-likeness (QED) is 0.178. The minimum Gasteiger partial charge on any atom is -0.480 e. The first-order valence-corrected chi connectivity index (χ1v) is 14.8. The molecule has 2 aliphatic heterocycles. The first kappa shape index (κ1) is 37.5. The van der Waals surface area contributed by atoms with Gasteiger partial charge in [-0.2, -0.15) is 0 Å². The molecule has 0 spiro atoms. The number of piperidine rings is 1. The lowest BCUT2D eigenvalue weighted by atomic mass is 10.0. The van der Waals surface area contributed by atoms with Crippen LogP contribution in [0.3, 0.4) is 0 Å². The Kier molecular flexibility index (Phi) is 19.0. The number of aldehydes is 1. The van der Waals surface area contributed by atoms with Gasteiger partial charge in [0.05, 0.1) is 32.7 Å². The lowest BCUT2D eigenvalue weighted by Gasteiger charge is -2.34. The molecular formula is C28H52N6O8. The van der Waals surface area contributed by atoms with Gasteiger partial charge in [-0.3, -0.25) is 43.7 Å². The lowest BCUT2D eigenvalue weighted by Crippen LogP contribution is -2.51. The molecule has 0 aromatic heterocycles. The highest BCUT2D eigenvalue weighted by atomic mass is 16.4. The number of aliphatic carboxylic acids is 2. The van der Waals surface area contributed by atoms with Crippen LogP contribution < -0.4 is 5.32 Å². The van der Waals surface area contributed by atoms with Crippen molar-refractivity contribution < 1.29 is 39.3 Å². The number of carboxylic acids is 2. The average molecular weight is 601 g/mol.